The summed E-state index contributed by atoms with van der Waals surface area (Å²) in [5.41, 5.74) is 5.54. The first-order chi connectivity index (χ1) is 7.27. The van der Waals surface area contributed by atoms with Gasteiger partial charge in [0.1, 0.15) is 5.82 Å². The second kappa shape index (κ2) is 6.19. The fourth-order valence-electron chi connectivity index (χ4n) is 1.18. The number of rotatable bonds is 6. The highest BCUT2D eigenvalue weighted by Crippen LogP contribution is 1.96. The minimum absolute atomic E-state index is 0.202. The van der Waals surface area contributed by atoms with Crippen molar-refractivity contribution < 1.29 is 0 Å². The number of aromatic nitrogens is 2. The molecule has 0 saturated heterocycles. The third kappa shape index (κ3) is 3.71. The van der Waals surface area contributed by atoms with E-state index in [0.29, 0.717) is 5.82 Å². The van der Waals surface area contributed by atoms with E-state index in [2.05, 4.69) is 22.8 Å². The van der Waals surface area contributed by atoms with Crippen molar-refractivity contribution in [2.45, 2.75) is 33.2 Å². The number of nitrogens with zero attached hydrogens (tertiary/aromatic N) is 2. The predicted octanol–water partition coefficient (Wildman–Crippen LogP) is 0.980. The van der Waals surface area contributed by atoms with Crippen LogP contribution < -0.4 is 16.5 Å². The molecule has 1 rings (SSSR count). The van der Waals surface area contributed by atoms with Gasteiger partial charge < -0.3 is 5.43 Å². The first kappa shape index (κ1) is 11.7. The van der Waals surface area contributed by atoms with E-state index < -0.39 is 0 Å². The van der Waals surface area contributed by atoms with Crippen LogP contribution in [-0.2, 0) is 6.54 Å². The lowest BCUT2D eigenvalue weighted by molar-refractivity contribution is 0.599. The smallest absolute Gasteiger partial charge is 0.306 e. The molecule has 84 valence electrons. The minimum Gasteiger partial charge on any atom is -0.306 e. The average Bonchev–Trinajstić information content (AvgIpc) is 2.25. The molecule has 0 bridgehead atoms. The van der Waals surface area contributed by atoms with Crippen LogP contribution in [0.4, 0.5) is 5.82 Å². The number of unbranched alkanes of at least 4 members (excludes halogenated alkanes) is 1. The molecule has 5 heteroatoms. The van der Waals surface area contributed by atoms with E-state index in [-0.39, 0.29) is 5.69 Å². The molecule has 0 spiro atoms. The summed E-state index contributed by atoms with van der Waals surface area (Å²) >= 11 is 0. The Morgan fingerprint density at radius 1 is 1.47 bits per heavy atom. The summed E-state index contributed by atoms with van der Waals surface area (Å²) in [7, 11) is 0. The van der Waals surface area contributed by atoms with Gasteiger partial charge in [-0.25, -0.2) is 10.2 Å². The Hall–Kier alpha value is -1.36. The fraction of sp³-hybridized carbons (Fsp3) is 0.600. The van der Waals surface area contributed by atoms with Crippen molar-refractivity contribution in [3.63, 3.8) is 0 Å². The number of hydrogen-bond donors (Lipinski definition) is 2. The fourth-order valence-corrected chi connectivity index (χ4v) is 1.18. The van der Waals surface area contributed by atoms with Gasteiger partial charge in [0.25, 0.3) is 0 Å². The van der Waals surface area contributed by atoms with Gasteiger partial charge in [-0.05, 0) is 12.5 Å². The van der Waals surface area contributed by atoms with Crippen LogP contribution in [0.25, 0.3) is 0 Å². The van der Waals surface area contributed by atoms with Gasteiger partial charge >= 0.3 is 5.69 Å². The topological polar surface area (TPSA) is 59.0 Å². The summed E-state index contributed by atoms with van der Waals surface area (Å²) in [6.07, 6.45) is 3.84. The SMILES string of the molecule is CCCCn1ccc(NNCC)nc1=O. The molecule has 2 N–H and O–H groups in total. The molecular formula is C10H18N4O. The molecule has 0 aliphatic rings. The third-order valence-corrected chi connectivity index (χ3v) is 2.02. The van der Waals surface area contributed by atoms with Gasteiger partial charge in [-0.3, -0.25) is 4.57 Å². The Labute approximate surface area is 89.5 Å². The lowest BCUT2D eigenvalue weighted by Crippen LogP contribution is -2.27. The maximum Gasteiger partial charge on any atom is 0.349 e. The third-order valence-electron chi connectivity index (χ3n) is 2.02. The predicted molar refractivity (Wildman–Crippen MR) is 60.7 cm³/mol. The molecule has 1 aromatic heterocycles. The van der Waals surface area contributed by atoms with Gasteiger partial charge in [0.05, 0.1) is 0 Å². The standard InChI is InChI=1S/C10H18N4O/c1-3-5-7-14-8-6-9(12-10(14)15)13-11-4-2/h6,8,11H,3-5,7H2,1-2H3,(H,12,13,15). The lowest BCUT2D eigenvalue weighted by Gasteiger charge is -2.07. The number of hydrogen-bond acceptors (Lipinski definition) is 4. The van der Waals surface area contributed by atoms with Crippen molar-refractivity contribution in [3.05, 3.63) is 22.7 Å². The molecule has 5 nitrogen and oxygen atoms in total. The Bertz CT molecular complexity index is 348. The Morgan fingerprint density at radius 3 is 2.87 bits per heavy atom. The van der Waals surface area contributed by atoms with Crippen LogP contribution >= 0.6 is 0 Å². The van der Waals surface area contributed by atoms with Crippen LogP contribution in [0.3, 0.4) is 0 Å². The molecule has 0 aromatic carbocycles. The molecule has 15 heavy (non-hydrogen) atoms. The summed E-state index contributed by atoms with van der Waals surface area (Å²) in [6.45, 7) is 5.58. The van der Waals surface area contributed by atoms with Gasteiger partial charge in [-0.15, -0.1) is 0 Å². The minimum atomic E-state index is -0.202. The normalized spacial score (nSPS) is 10.3. The highest BCUT2D eigenvalue weighted by Gasteiger charge is 1.98. The van der Waals surface area contributed by atoms with Crippen LogP contribution in [0, 0.1) is 0 Å². The zero-order chi connectivity index (χ0) is 11.1. The van der Waals surface area contributed by atoms with Crippen molar-refractivity contribution in [3.8, 4) is 0 Å². The van der Waals surface area contributed by atoms with Crippen molar-refractivity contribution in [2.75, 3.05) is 12.0 Å². The molecule has 0 aliphatic carbocycles. The molecular weight excluding hydrogens is 192 g/mol. The van der Waals surface area contributed by atoms with E-state index >= 15 is 0 Å². The highest BCUT2D eigenvalue weighted by molar-refractivity contribution is 5.29. The Kier molecular flexibility index (Phi) is 4.83. The van der Waals surface area contributed by atoms with Gasteiger partial charge in [-0.2, -0.15) is 4.98 Å². The zero-order valence-corrected chi connectivity index (χ0v) is 9.29. The number of hydrazine groups is 1. The van der Waals surface area contributed by atoms with E-state index in [0.717, 1.165) is 25.9 Å². The van der Waals surface area contributed by atoms with E-state index in [9.17, 15) is 4.79 Å². The van der Waals surface area contributed by atoms with Crippen molar-refractivity contribution in [2.24, 2.45) is 0 Å². The number of anilines is 1. The molecule has 0 fully saturated rings. The summed E-state index contributed by atoms with van der Waals surface area (Å²) in [5, 5.41) is 0. The number of nitrogens with one attached hydrogen (secondary N) is 2. The number of aryl methyl sites for hydroxylation is 1. The molecule has 1 heterocycles. The maximum absolute atomic E-state index is 11.5. The van der Waals surface area contributed by atoms with Crippen molar-refractivity contribution in [1.82, 2.24) is 15.0 Å². The van der Waals surface area contributed by atoms with Gasteiger partial charge in [0, 0.05) is 19.3 Å². The molecule has 1 aromatic rings. The second-order valence-electron chi connectivity index (χ2n) is 3.30. The molecule has 0 radical (unpaired) electrons. The Morgan fingerprint density at radius 2 is 2.27 bits per heavy atom. The van der Waals surface area contributed by atoms with Crippen molar-refractivity contribution >= 4 is 5.82 Å². The van der Waals surface area contributed by atoms with E-state index in [1.807, 2.05) is 6.92 Å². The van der Waals surface area contributed by atoms with Crippen LogP contribution in [0.15, 0.2) is 17.1 Å². The van der Waals surface area contributed by atoms with Crippen LogP contribution in [0.2, 0.25) is 0 Å². The highest BCUT2D eigenvalue weighted by atomic mass is 16.1. The van der Waals surface area contributed by atoms with Crippen LogP contribution in [0.1, 0.15) is 26.7 Å². The van der Waals surface area contributed by atoms with E-state index in [4.69, 9.17) is 0 Å². The monoisotopic (exact) mass is 210 g/mol. The maximum atomic E-state index is 11.5. The zero-order valence-electron chi connectivity index (χ0n) is 9.29. The molecule has 0 amide bonds. The quantitative estimate of drug-likeness (QED) is 0.687. The summed E-state index contributed by atoms with van der Waals surface area (Å²) in [6, 6.07) is 1.79. The van der Waals surface area contributed by atoms with Crippen LogP contribution in [0.5, 0.6) is 0 Å². The first-order valence-corrected chi connectivity index (χ1v) is 5.34. The summed E-state index contributed by atoms with van der Waals surface area (Å²) in [5.74, 6) is 0.564. The first-order valence-electron chi connectivity index (χ1n) is 5.34. The molecule has 0 unspecified atom stereocenters. The largest absolute Gasteiger partial charge is 0.349 e. The molecule has 0 aliphatic heterocycles. The Balaban J connectivity index is 2.66. The second-order valence-corrected chi connectivity index (χ2v) is 3.30. The van der Waals surface area contributed by atoms with Gasteiger partial charge in [-0.1, -0.05) is 20.3 Å². The van der Waals surface area contributed by atoms with E-state index in [1.165, 1.54) is 0 Å². The van der Waals surface area contributed by atoms with Crippen molar-refractivity contribution in [1.29, 1.82) is 0 Å². The lowest BCUT2D eigenvalue weighted by atomic mass is 10.3. The van der Waals surface area contributed by atoms with E-state index in [1.54, 1.807) is 16.8 Å². The summed E-state index contributed by atoms with van der Waals surface area (Å²) in [4.78, 5) is 15.4. The average molecular weight is 210 g/mol. The van der Waals surface area contributed by atoms with Gasteiger partial charge in [0.15, 0.2) is 0 Å². The van der Waals surface area contributed by atoms with Crippen LogP contribution in [-0.4, -0.2) is 16.1 Å². The molecule has 0 atom stereocenters. The summed E-state index contributed by atoms with van der Waals surface area (Å²) < 4.78 is 1.63. The molecule has 0 saturated carbocycles. The van der Waals surface area contributed by atoms with Gasteiger partial charge in [0.2, 0.25) is 0 Å².